The van der Waals surface area contributed by atoms with E-state index in [4.69, 9.17) is 0 Å². The minimum absolute atomic E-state index is 0.00899. The van der Waals surface area contributed by atoms with Crippen molar-refractivity contribution in [2.24, 2.45) is 0 Å². The SMILES string of the molecule is CN1CCC(NCCCS(C)=O)C1=O. The number of nitrogens with one attached hydrogen (secondary N) is 1. The predicted molar refractivity (Wildman–Crippen MR) is 57.6 cm³/mol. The summed E-state index contributed by atoms with van der Waals surface area (Å²) < 4.78 is 10.8. The van der Waals surface area contributed by atoms with Gasteiger partial charge in [0, 0.05) is 36.4 Å². The molecule has 0 spiro atoms. The second kappa shape index (κ2) is 5.46. The van der Waals surface area contributed by atoms with Crippen LogP contribution in [0.2, 0.25) is 0 Å². The van der Waals surface area contributed by atoms with Crippen LogP contribution in [0.15, 0.2) is 0 Å². The normalized spacial score (nSPS) is 24.3. The quantitative estimate of drug-likeness (QED) is 0.637. The maximum absolute atomic E-state index is 11.4. The summed E-state index contributed by atoms with van der Waals surface area (Å²) >= 11 is 0. The van der Waals surface area contributed by atoms with Crippen LogP contribution in [0.5, 0.6) is 0 Å². The van der Waals surface area contributed by atoms with Gasteiger partial charge in [-0.15, -0.1) is 0 Å². The standard InChI is InChI=1S/C9H18N2O2S/c1-11-6-4-8(9(11)12)10-5-3-7-14(2)13/h8,10H,3-7H2,1-2H3. The summed E-state index contributed by atoms with van der Waals surface area (Å²) in [5.41, 5.74) is 0. The fraction of sp³-hybridized carbons (Fsp3) is 0.889. The summed E-state index contributed by atoms with van der Waals surface area (Å²) in [6.07, 6.45) is 3.47. The zero-order chi connectivity index (χ0) is 10.6. The molecule has 1 amide bonds. The van der Waals surface area contributed by atoms with E-state index < -0.39 is 10.8 Å². The Bertz CT molecular complexity index is 233. The van der Waals surface area contributed by atoms with Crippen molar-refractivity contribution >= 4 is 16.7 Å². The lowest BCUT2D eigenvalue weighted by atomic mass is 10.2. The van der Waals surface area contributed by atoms with Gasteiger partial charge in [0.25, 0.3) is 0 Å². The van der Waals surface area contributed by atoms with Crippen molar-refractivity contribution in [1.82, 2.24) is 10.2 Å². The molecule has 5 heteroatoms. The highest BCUT2D eigenvalue weighted by Crippen LogP contribution is 2.07. The number of likely N-dealkylation sites (N-methyl/N-ethyl adjacent to an activating group) is 1. The summed E-state index contributed by atoms with van der Waals surface area (Å²) in [5.74, 6) is 0.895. The molecule has 1 aliphatic heterocycles. The number of likely N-dealkylation sites (tertiary alicyclic amines) is 1. The van der Waals surface area contributed by atoms with E-state index in [2.05, 4.69) is 5.32 Å². The van der Waals surface area contributed by atoms with Gasteiger partial charge in [0.05, 0.1) is 6.04 Å². The number of carbonyl (C=O) groups excluding carboxylic acids is 1. The van der Waals surface area contributed by atoms with Gasteiger partial charge < -0.3 is 10.2 Å². The summed E-state index contributed by atoms with van der Waals surface area (Å²) in [7, 11) is 1.10. The minimum Gasteiger partial charge on any atom is -0.344 e. The molecule has 4 nitrogen and oxygen atoms in total. The fourth-order valence-electron chi connectivity index (χ4n) is 1.56. The van der Waals surface area contributed by atoms with E-state index in [1.807, 2.05) is 7.05 Å². The van der Waals surface area contributed by atoms with E-state index in [9.17, 15) is 9.00 Å². The number of nitrogens with zero attached hydrogens (tertiary/aromatic N) is 1. The van der Waals surface area contributed by atoms with Crippen LogP contribution in [-0.4, -0.2) is 53.2 Å². The van der Waals surface area contributed by atoms with Gasteiger partial charge >= 0.3 is 0 Å². The van der Waals surface area contributed by atoms with Gasteiger partial charge in [0.1, 0.15) is 0 Å². The smallest absolute Gasteiger partial charge is 0.239 e. The maximum Gasteiger partial charge on any atom is 0.239 e. The Labute approximate surface area is 87.5 Å². The third-order valence-corrected chi connectivity index (χ3v) is 3.29. The Kier molecular flexibility index (Phi) is 4.54. The fourth-order valence-corrected chi connectivity index (χ4v) is 2.11. The predicted octanol–water partition coefficient (Wildman–Crippen LogP) is -0.425. The molecule has 0 aromatic carbocycles. The molecule has 1 saturated heterocycles. The Balaban J connectivity index is 2.13. The third-order valence-electron chi connectivity index (χ3n) is 2.43. The average Bonchev–Trinajstić information content (AvgIpc) is 2.43. The highest BCUT2D eigenvalue weighted by molar-refractivity contribution is 7.84. The molecular weight excluding hydrogens is 200 g/mol. The van der Waals surface area contributed by atoms with E-state index >= 15 is 0 Å². The average molecular weight is 218 g/mol. The van der Waals surface area contributed by atoms with Crippen molar-refractivity contribution in [3.05, 3.63) is 0 Å². The van der Waals surface area contributed by atoms with Crippen LogP contribution in [0, 0.1) is 0 Å². The molecule has 1 aliphatic rings. The molecule has 1 N–H and O–H groups in total. The molecule has 0 saturated carbocycles. The van der Waals surface area contributed by atoms with E-state index in [1.54, 1.807) is 11.2 Å². The van der Waals surface area contributed by atoms with Crippen molar-refractivity contribution in [3.8, 4) is 0 Å². The van der Waals surface area contributed by atoms with Crippen molar-refractivity contribution in [1.29, 1.82) is 0 Å². The maximum atomic E-state index is 11.4. The first-order valence-corrected chi connectivity index (χ1v) is 6.62. The largest absolute Gasteiger partial charge is 0.344 e. The molecule has 1 rings (SSSR count). The first-order valence-electron chi connectivity index (χ1n) is 4.89. The molecule has 2 unspecified atom stereocenters. The van der Waals surface area contributed by atoms with Gasteiger partial charge in [-0.05, 0) is 19.4 Å². The van der Waals surface area contributed by atoms with Crippen molar-refractivity contribution in [2.45, 2.75) is 18.9 Å². The monoisotopic (exact) mass is 218 g/mol. The van der Waals surface area contributed by atoms with Crippen LogP contribution in [0.1, 0.15) is 12.8 Å². The molecule has 0 aliphatic carbocycles. The van der Waals surface area contributed by atoms with Crippen molar-refractivity contribution < 1.29 is 9.00 Å². The Morgan fingerprint density at radius 2 is 2.36 bits per heavy atom. The number of carbonyl (C=O) groups is 1. The molecule has 0 aromatic heterocycles. The number of hydrogen-bond acceptors (Lipinski definition) is 3. The topological polar surface area (TPSA) is 49.4 Å². The second-order valence-electron chi connectivity index (χ2n) is 3.69. The summed E-state index contributed by atoms with van der Waals surface area (Å²) in [6.45, 7) is 1.63. The van der Waals surface area contributed by atoms with Gasteiger partial charge in [-0.2, -0.15) is 0 Å². The second-order valence-corrected chi connectivity index (χ2v) is 5.24. The lowest BCUT2D eigenvalue weighted by molar-refractivity contribution is -0.128. The highest BCUT2D eigenvalue weighted by atomic mass is 32.2. The summed E-state index contributed by atoms with van der Waals surface area (Å²) in [6, 6.07) is -0.00899. The van der Waals surface area contributed by atoms with Crippen molar-refractivity contribution in [3.63, 3.8) is 0 Å². The molecule has 14 heavy (non-hydrogen) atoms. The van der Waals surface area contributed by atoms with Crippen LogP contribution in [0.25, 0.3) is 0 Å². The van der Waals surface area contributed by atoms with E-state index in [1.165, 1.54) is 0 Å². The van der Waals surface area contributed by atoms with Gasteiger partial charge in [-0.25, -0.2) is 0 Å². The Morgan fingerprint density at radius 1 is 1.64 bits per heavy atom. The molecule has 0 aromatic rings. The van der Waals surface area contributed by atoms with Crippen molar-refractivity contribution in [2.75, 3.05) is 32.1 Å². The van der Waals surface area contributed by atoms with E-state index in [0.29, 0.717) is 5.75 Å². The zero-order valence-electron chi connectivity index (χ0n) is 8.78. The molecule has 1 heterocycles. The lowest BCUT2D eigenvalue weighted by Gasteiger charge is -2.11. The summed E-state index contributed by atoms with van der Waals surface area (Å²) in [5, 5.41) is 3.19. The first kappa shape index (κ1) is 11.7. The molecule has 2 atom stereocenters. The van der Waals surface area contributed by atoms with Gasteiger partial charge in [-0.3, -0.25) is 9.00 Å². The lowest BCUT2D eigenvalue weighted by Crippen LogP contribution is -2.37. The van der Waals surface area contributed by atoms with Crippen LogP contribution >= 0.6 is 0 Å². The molecule has 82 valence electrons. The zero-order valence-corrected chi connectivity index (χ0v) is 9.60. The van der Waals surface area contributed by atoms with Crippen LogP contribution in [-0.2, 0) is 15.6 Å². The first-order chi connectivity index (χ1) is 6.61. The number of amides is 1. The van der Waals surface area contributed by atoms with E-state index in [0.717, 1.165) is 25.9 Å². The Hall–Kier alpha value is -0.420. The van der Waals surface area contributed by atoms with Gasteiger partial charge in [-0.1, -0.05) is 0 Å². The van der Waals surface area contributed by atoms with E-state index in [-0.39, 0.29) is 11.9 Å². The highest BCUT2D eigenvalue weighted by Gasteiger charge is 2.27. The van der Waals surface area contributed by atoms with Gasteiger partial charge in [0.2, 0.25) is 5.91 Å². The number of rotatable bonds is 5. The van der Waals surface area contributed by atoms with Crippen LogP contribution in [0.4, 0.5) is 0 Å². The number of hydrogen-bond donors (Lipinski definition) is 1. The minimum atomic E-state index is -0.720. The van der Waals surface area contributed by atoms with Crippen LogP contribution < -0.4 is 5.32 Å². The molecule has 0 radical (unpaired) electrons. The summed E-state index contributed by atoms with van der Waals surface area (Å²) in [4.78, 5) is 13.2. The van der Waals surface area contributed by atoms with Crippen LogP contribution in [0.3, 0.4) is 0 Å². The Morgan fingerprint density at radius 3 is 2.86 bits per heavy atom. The molecular formula is C9H18N2O2S. The molecule has 1 fully saturated rings. The van der Waals surface area contributed by atoms with Gasteiger partial charge in [0.15, 0.2) is 0 Å². The third kappa shape index (κ3) is 3.38. The molecule has 0 bridgehead atoms.